The van der Waals surface area contributed by atoms with Gasteiger partial charge in [-0.3, -0.25) is 0 Å². The summed E-state index contributed by atoms with van der Waals surface area (Å²) in [7, 11) is 0. The highest BCUT2D eigenvalue weighted by Gasteiger charge is 2.08. The van der Waals surface area contributed by atoms with E-state index in [1.807, 2.05) is 0 Å². The summed E-state index contributed by atoms with van der Waals surface area (Å²) in [4.78, 5) is 0. The topological polar surface area (TPSA) is 26.0 Å². The second-order valence-corrected chi connectivity index (χ2v) is 2.19. The van der Waals surface area contributed by atoms with E-state index in [0.717, 1.165) is 6.42 Å². The molecule has 2 N–H and O–H groups in total. The quantitative estimate of drug-likeness (QED) is 0.561. The van der Waals surface area contributed by atoms with Gasteiger partial charge in [-0.1, -0.05) is 6.08 Å². The Labute approximate surface area is 60.5 Å². The molecule has 0 aromatic rings. The lowest BCUT2D eigenvalue weighted by Gasteiger charge is -2.12. The maximum atomic E-state index is 12.2. The van der Waals surface area contributed by atoms with Crippen LogP contribution in [0.4, 0.5) is 4.39 Å². The number of halogens is 2. The molecule has 1 nitrogen and oxygen atoms in total. The van der Waals surface area contributed by atoms with Crippen molar-refractivity contribution in [3.63, 3.8) is 0 Å². The Balaban J connectivity index is 0.000000640. The molecule has 0 saturated carbocycles. The molecule has 0 amide bonds. The largest absolute Gasteiger partial charge is 0.327 e. The van der Waals surface area contributed by atoms with Gasteiger partial charge < -0.3 is 5.73 Å². The summed E-state index contributed by atoms with van der Waals surface area (Å²) < 4.78 is 12.2. The van der Waals surface area contributed by atoms with Crippen LogP contribution in [0.5, 0.6) is 0 Å². The predicted octanol–water partition coefficient (Wildman–Crippen LogP) is 1.77. The summed E-state index contributed by atoms with van der Waals surface area (Å²) in [6, 6.07) is 0.203. The van der Waals surface area contributed by atoms with Crippen molar-refractivity contribution in [2.45, 2.75) is 25.3 Å². The fourth-order valence-corrected chi connectivity index (χ4v) is 0.822. The molecule has 0 aliphatic heterocycles. The van der Waals surface area contributed by atoms with Crippen molar-refractivity contribution in [3.8, 4) is 0 Å². The zero-order chi connectivity index (χ0) is 5.98. The molecule has 0 fully saturated rings. The first-order valence-corrected chi connectivity index (χ1v) is 2.89. The standard InChI is InChI=1S/C6H10FN.ClH/c7-5-1-3-6(8)4-2-5;/h1,6H,2-4,8H2;1H. The van der Waals surface area contributed by atoms with Gasteiger partial charge in [0.05, 0.1) is 5.83 Å². The molecule has 1 atom stereocenters. The number of hydrogen-bond donors (Lipinski definition) is 1. The van der Waals surface area contributed by atoms with Crippen molar-refractivity contribution < 1.29 is 4.39 Å². The van der Waals surface area contributed by atoms with Crippen LogP contribution < -0.4 is 5.73 Å². The number of hydrogen-bond acceptors (Lipinski definition) is 1. The minimum absolute atomic E-state index is 0. The summed E-state index contributed by atoms with van der Waals surface area (Å²) >= 11 is 0. The molecule has 0 saturated heterocycles. The molecule has 1 unspecified atom stereocenters. The Morgan fingerprint density at radius 1 is 1.67 bits per heavy atom. The highest BCUT2D eigenvalue weighted by atomic mass is 35.5. The Kier molecular flexibility index (Phi) is 3.82. The fourth-order valence-electron chi connectivity index (χ4n) is 0.822. The summed E-state index contributed by atoms with van der Waals surface area (Å²) in [6.45, 7) is 0. The molecular formula is C6H11ClFN. The van der Waals surface area contributed by atoms with E-state index in [9.17, 15) is 4.39 Å². The lowest BCUT2D eigenvalue weighted by molar-refractivity contribution is 0.495. The molecule has 0 aromatic carbocycles. The fraction of sp³-hybridized carbons (Fsp3) is 0.667. The smallest absolute Gasteiger partial charge is 0.0961 e. The minimum Gasteiger partial charge on any atom is -0.327 e. The molecule has 1 rings (SSSR count). The zero-order valence-electron chi connectivity index (χ0n) is 5.14. The van der Waals surface area contributed by atoms with Crippen LogP contribution in [0.15, 0.2) is 11.9 Å². The maximum Gasteiger partial charge on any atom is 0.0961 e. The summed E-state index contributed by atoms with van der Waals surface area (Å²) in [6.07, 6.45) is 3.64. The van der Waals surface area contributed by atoms with Gasteiger partial charge in [-0.2, -0.15) is 0 Å². The monoisotopic (exact) mass is 151 g/mol. The first-order chi connectivity index (χ1) is 3.79. The van der Waals surface area contributed by atoms with Gasteiger partial charge in [0, 0.05) is 12.5 Å². The third kappa shape index (κ3) is 2.82. The molecule has 9 heavy (non-hydrogen) atoms. The van der Waals surface area contributed by atoms with Gasteiger partial charge in [0.1, 0.15) is 0 Å². The van der Waals surface area contributed by atoms with Crippen LogP contribution in [0.3, 0.4) is 0 Å². The number of nitrogens with two attached hydrogens (primary N) is 1. The van der Waals surface area contributed by atoms with Gasteiger partial charge in [0.2, 0.25) is 0 Å². The van der Waals surface area contributed by atoms with E-state index in [1.165, 1.54) is 0 Å². The van der Waals surface area contributed by atoms with Gasteiger partial charge in [0.25, 0.3) is 0 Å². The lowest BCUT2D eigenvalue weighted by atomic mass is 10.0. The van der Waals surface area contributed by atoms with E-state index in [0.29, 0.717) is 12.8 Å². The van der Waals surface area contributed by atoms with E-state index in [1.54, 1.807) is 6.08 Å². The predicted molar refractivity (Wildman–Crippen MR) is 38.3 cm³/mol. The van der Waals surface area contributed by atoms with Crippen molar-refractivity contribution in [3.05, 3.63) is 11.9 Å². The maximum absolute atomic E-state index is 12.2. The molecule has 1 aliphatic carbocycles. The van der Waals surface area contributed by atoms with Gasteiger partial charge >= 0.3 is 0 Å². The van der Waals surface area contributed by atoms with Crippen LogP contribution in [0, 0.1) is 0 Å². The molecule has 54 valence electrons. The molecule has 0 spiro atoms. The van der Waals surface area contributed by atoms with Crippen LogP contribution in [0.2, 0.25) is 0 Å². The molecule has 0 heterocycles. The van der Waals surface area contributed by atoms with Crippen molar-refractivity contribution in [2.75, 3.05) is 0 Å². The highest BCUT2D eigenvalue weighted by molar-refractivity contribution is 5.85. The van der Waals surface area contributed by atoms with E-state index in [-0.39, 0.29) is 24.3 Å². The Morgan fingerprint density at radius 2 is 2.33 bits per heavy atom. The average molecular weight is 152 g/mol. The van der Waals surface area contributed by atoms with Gasteiger partial charge in [-0.15, -0.1) is 12.4 Å². The highest BCUT2D eigenvalue weighted by Crippen LogP contribution is 2.16. The Hall–Kier alpha value is -0.0800. The summed E-state index contributed by atoms with van der Waals surface area (Å²) in [5.41, 5.74) is 5.49. The lowest BCUT2D eigenvalue weighted by Crippen LogP contribution is -2.20. The van der Waals surface area contributed by atoms with Crippen molar-refractivity contribution in [2.24, 2.45) is 5.73 Å². The summed E-state index contributed by atoms with van der Waals surface area (Å²) in [5.74, 6) is 0.00620. The molecular weight excluding hydrogens is 141 g/mol. The van der Waals surface area contributed by atoms with Crippen LogP contribution in [-0.4, -0.2) is 6.04 Å². The molecule has 1 aliphatic rings. The van der Waals surface area contributed by atoms with Crippen molar-refractivity contribution in [1.82, 2.24) is 0 Å². The van der Waals surface area contributed by atoms with Gasteiger partial charge in [0.15, 0.2) is 0 Å². The van der Waals surface area contributed by atoms with E-state index >= 15 is 0 Å². The summed E-state index contributed by atoms with van der Waals surface area (Å²) in [5, 5.41) is 0. The molecule has 0 bridgehead atoms. The van der Waals surface area contributed by atoms with Crippen molar-refractivity contribution >= 4 is 12.4 Å². The normalized spacial score (nSPS) is 26.4. The first kappa shape index (κ1) is 8.92. The van der Waals surface area contributed by atoms with Crippen LogP contribution in [-0.2, 0) is 0 Å². The van der Waals surface area contributed by atoms with Gasteiger partial charge in [-0.05, 0) is 12.8 Å². The molecule has 3 heteroatoms. The van der Waals surface area contributed by atoms with E-state index in [4.69, 9.17) is 5.73 Å². The SMILES string of the molecule is Cl.NC1CC=C(F)CC1. The third-order valence-electron chi connectivity index (χ3n) is 1.40. The third-order valence-corrected chi connectivity index (χ3v) is 1.40. The van der Waals surface area contributed by atoms with Crippen molar-refractivity contribution in [1.29, 1.82) is 0 Å². The Morgan fingerprint density at radius 3 is 2.67 bits per heavy atom. The first-order valence-electron chi connectivity index (χ1n) is 2.89. The zero-order valence-corrected chi connectivity index (χ0v) is 5.96. The molecule has 0 radical (unpaired) electrons. The molecule has 0 aromatic heterocycles. The van der Waals surface area contributed by atoms with Gasteiger partial charge in [-0.25, -0.2) is 4.39 Å². The van der Waals surface area contributed by atoms with Crippen LogP contribution in [0.25, 0.3) is 0 Å². The Bertz CT molecular complexity index is 114. The van der Waals surface area contributed by atoms with Crippen LogP contribution >= 0.6 is 12.4 Å². The van der Waals surface area contributed by atoms with Crippen LogP contribution in [0.1, 0.15) is 19.3 Å². The number of rotatable bonds is 0. The van der Waals surface area contributed by atoms with E-state index in [2.05, 4.69) is 0 Å². The average Bonchev–Trinajstić information content (AvgIpc) is 1.77. The second-order valence-electron chi connectivity index (χ2n) is 2.19. The number of allylic oxidation sites excluding steroid dienone is 1. The second kappa shape index (κ2) is 3.85. The minimum atomic E-state index is 0. The van der Waals surface area contributed by atoms with E-state index < -0.39 is 0 Å².